The van der Waals surface area contributed by atoms with Crippen molar-refractivity contribution < 1.29 is 17.9 Å². The van der Waals surface area contributed by atoms with Crippen molar-refractivity contribution in [3.05, 3.63) is 72.8 Å². The molecule has 2 aliphatic heterocycles. The molecule has 0 saturated carbocycles. The number of ether oxygens (including phenoxy) is 2. The lowest BCUT2D eigenvalue weighted by atomic mass is 9.97. The summed E-state index contributed by atoms with van der Waals surface area (Å²) >= 11 is 0. The highest BCUT2D eigenvalue weighted by Gasteiger charge is 2.32. The standard InChI is InChI=1S/C25H23N5O4S/c31-35(32,22-6-2-4-12-27-22)30-13-9-17(10-14-30)25-28-23(24(29-25)19-5-1-3-11-26-19)18-7-8-20-21(15-18)34-16-33-20/h1-8,11-12,15,17H,9-10,13-14,16H2,(H,28,29). The Kier molecular flexibility index (Phi) is 5.46. The Morgan fingerprint density at radius 1 is 0.914 bits per heavy atom. The van der Waals surface area contributed by atoms with Crippen LogP contribution in [0.25, 0.3) is 22.6 Å². The number of nitrogens with one attached hydrogen (secondary N) is 1. The van der Waals surface area contributed by atoms with Crippen LogP contribution in [0.15, 0.2) is 72.0 Å². The molecule has 2 aliphatic rings. The number of sulfonamides is 1. The number of aromatic amines is 1. The summed E-state index contributed by atoms with van der Waals surface area (Å²) in [5.74, 6) is 2.32. The third-order valence-corrected chi connectivity index (χ3v) is 8.19. The van der Waals surface area contributed by atoms with Gasteiger partial charge >= 0.3 is 0 Å². The molecule has 0 radical (unpaired) electrons. The number of benzene rings is 1. The van der Waals surface area contributed by atoms with Crippen molar-refractivity contribution >= 4 is 10.0 Å². The van der Waals surface area contributed by atoms with Crippen molar-refractivity contribution in [2.24, 2.45) is 0 Å². The van der Waals surface area contributed by atoms with Gasteiger partial charge in [-0.2, -0.15) is 4.31 Å². The summed E-state index contributed by atoms with van der Waals surface area (Å²) in [6, 6.07) is 16.5. The summed E-state index contributed by atoms with van der Waals surface area (Å²) in [4.78, 5) is 17.0. The Morgan fingerprint density at radius 3 is 2.43 bits per heavy atom. The molecular formula is C25H23N5O4S. The Bertz CT molecular complexity index is 1450. The van der Waals surface area contributed by atoms with Crippen LogP contribution >= 0.6 is 0 Å². The zero-order chi connectivity index (χ0) is 23.8. The Morgan fingerprint density at radius 2 is 1.69 bits per heavy atom. The van der Waals surface area contributed by atoms with E-state index in [9.17, 15) is 8.42 Å². The highest BCUT2D eigenvalue weighted by Crippen LogP contribution is 2.39. The van der Waals surface area contributed by atoms with Gasteiger partial charge in [0.1, 0.15) is 5.82 Å². The summed E-state index contributed by atoms with van der Waals surface area (Å²) in [6.45, 7) is 1.02. The van der Waals surface area contributed by atoms with Crippen LogP contribution in [0.1, 0.15) is 24.6 Å². The Labute approximate surface area is 202 Å². The second-order valence-corrected chi connectivity index (χ2v) is 10.4. The van der Waals surface area contributed by atoms with Crippen LogP contribution in [0.5, 0.6) is 11.5 Å². The second kappa shape index (κ2) is 8.79. The molecule has 178 valence electrons. The number of nitrogens with zero attached hydrogens (tertiary/aromatic N) is 4. The molecule has 4 aromatic rings. The molecule has 0 spiro atoms. The number of hydrogen-bond acceptors (Lipinski definition) is 7. The number of aromatic nitrogens is 4. The maximum absolute atomic E-state index is 13.0. The van der Waals surface area contributed by atoms with E-state index in [1.165, 1.54) is 16.6 Å². The van der Waals surface area contributed by atoms with Crippen molar-refractivity contribution in [1.29, 1.82) is 0 Å². The molecule has 5 heterocycles. The summed E-state index contributed by atoms with van der Waals surface area (Å²) in [7, 11) is -3.61. The molecule has 3 aromatic heterocycles. The molecular weight excluding hydrogens is 466 g/mol. The van der Waals surface area contributed by atoms with E-state index in [4.69, 9.17) is 14.5 Å². The van der Waals surface area contributed by atoms with E-state index >= 15 is 0 Å². The lowest BCUT2D eigenvalue weighted by molar-refractivity contribution is 0.174. The number of imidazole rings is 1. The molecule has 0 unspecified atom stereocenters. The van der Waals surface area contributed by atoms with Gasteiger partial charge in [-0.1, -0.05) is 12.1 Å². The molecule has 1 saturated heterocycles. The molecule has 1 fully saturated rings. The third-order valence-electron chi connectivity index (χ3n) is 6.37. The third kappa shape index (κ3) is 4.04. The van der Waals surface area contributed by atoms with Gasteiger partial charge in [-0.05, 0) is 55.3 Å². The Balaban J connectivity index is 1.29. The van der Waals surface area contributed by atoms with Crippen molar-refractivity contribution in [3.63, 3.8) is 0 Å². The number of pyridine rings is 2. The van der Waals surface area contributed by atoms with Gasteiger partial charge in [-0.25, -0.2) is 18.4 Å². The normalized spacial score (nSPS) is 16.5. The van der Waals surface area contributed by atoms with Gasteiger partial charge in [0.2, 0.25) is 6.79 Å². The predicted octanol–water partition coefficient (Wildman–Crippen LogP) is 3.83. The second-order valence-electron chi connectivity index (χ2n) is 8.48. The largest absolute Gasteiger partial charge is 0.454 e. The number of H-pyrrole nitrogens is 1. The molecule has 10 heteroatoms. The smallest absolute Gasteiger partial charge is 0.260 e. The minimum atomic E-state index is -3.61. The van der Waals surface area contributed by atoms with Crippen molar-refractivity contribution in [2.45, 2.75) is 23.8 Å². The van der Waals surface area contributed by atoms with Crippen LogP contribution in [0, 0.1) is 0 Å². The average Bonchev–Trinajstić information content (AvgIpc) is 3.57. The van der Waals surface area contributed by atoms with Crippen LogP contribution in [-0.2, 0) is 10.0 Å². The summed E-state index contributed by atoms with van der Waals surface area (Å²) in [5.41, 5.74) is 3.28. The first-order chi connectivity index (χ1) is 17.1. The lowest BCUT2D eigenvalue weighted by Crippen LogP contribution is -2.38. The fourth-order valence-electron chi connectivity index (χ4n) is 4.54. The van der Waals surface area contributed by atoms with Gasteiger partial charge in [-0.15, -0.1) is 0 Å². The van der Waals surface area contributed by atoms with E-state index in [0.717, 1.165) is 28.5 Å². The molecule has 1 N–H and O–H groups in total. The van der Waals surface area contributed by atoms with Gasteiger partial charge in [0.05, 0.1) is 17.1 Å². The summed E-state index contributed by atoms with van der Waals surface area (Å²) in [6.07, 6.45) is 4.56. The van der Waals surface area contributed by atoms with Gasteiger partial charge in [0, 0.05) is 37.0 Å². The number of piperidine rings is 1. The van der Waals surface area contributed by atoms with Crippen LogP contribution in [0.3, 0.4) is 0 Å². The number of fused-ring (bicyclic) bond motifs is 1. The number of rotatable bonds is 5. The van der Waals surface area contributed by atoms with Crippen LogP contribution in [0.2, 0.25) is 0 Å². The molecule has 9 nitrogen and oxygen atoms in total. The van der Waals surface area contributed by atoms with E-state index in [1.807, 2.05) is 36.4 Å². The molecule has 0 bridgehead atoms. The average molecular weight is 490 g/mol. The molecule has 35 heavy (non-hydrogen) atoms. The van der Waals surface area contributed by atoms with Crippen molar-refractivity contribution in [2.75, 3.05) is 19.9 Å². The monoisotopic (exact) mass is 489 g/mol. The first kappa shape index (κ1) is 21.8. The number of hydrogen-bond donors (Lipinski definition) is 1. The first-order valence-corrected chi connectivity index (χ1v) is 12.9. The highest BCUT2D eigenvalue weighted by molar-refractivity contribution is 7.89. The topological polar surface area (TPSA) is 110 Å². The maximum Gasteiger partial charge on any atom is 0.260 e. The zero-order valence-corrected chi connectivity index (χ0v) is 19.6. The minimum Gasteiger partial charge on any atom is -0.454 e. The fraction of sp³-hybridized carbons (Fsp3) is 0.240. The molecule has 6 rings (SSSR count). The lowest BCUT2D eigenvalue weighted by Gasteiger charge is -2.29. The first-order valence-electron chi connectivity index (χ1n) is 11.4. The van der Waals surface area contributed by atoms with E-state index in [-0.39, 0.29) is 17.7 Å². The minimum absolute atomic E-state index is 0.0824. The summed E-state index contributed by atoms with van der Waals surface area (Å²) < 4.78 is 38.4. The van der Waals surface area contributed by atoms with Gasteiger partial charge in [0.15, 0.2) is 16.5 Å². The Hall–Kier alpha value is -3.76. The molecule has 0 amide bonds. The van der Waals surface area contributed by atoms with Crippen LogP contribution < -0.4 is 9.47 Å². The highest BCUT2D eigenvalue weighted by atomic mass is 32.2. The van der Waals surface area contributed by atoms with Gasteiger partial charge in [0.25, 0.3) is 10.0 Å². The van der Waals surface area contributed by atoms with Gasteiger partial charge < -0.3 is 14.5 Å². The fourth-order valence-corrected chi connectivity index (χ4v) is 5.94. The van der Waals surface area contributed by atoms with E-state index in [2.05, 4.69) is 15.0 Å². The van der Waals surface area contributed by atoms with Crippen LogP contribution in [-0.4, -0.2) is 52.5 Å². The molecule has 1 aromatic carbocycles. The quantitative estimate of drug-likeness (QED) is 0.454. The van der Waals surface area contributed by atoms with E-state index in [0.29, 0.717) is 37.4 Å². The van der Waals surface area contributed by atoms with Crippen molar-refractivity contribution in [3.8, 4) is 34.1 Å². The summed E-state index contributed by atoms with van der Waals surface area (Å²) in [5, 5.41) is 0.0824. The SMILES string of the molecule is O=S(=O)(c1ccccn1)N1CCC(c2nc(-c3ccc4c(c3)OCO4)c(-c3ccccn3)[nH]2)CC1. The maximum atomic E-state index is 13.0. The van der Waals surface area contributed by atoms with Crippen LogP contribution in [0.4, 0.5) is 0 Å². The molecule has 0 aliphatic carbocycles. The van der Waals surface area contributed by atoms with E-state index in [1.54, 1.807) is 18.3 Å². The van der Waals surface area contributed by atoms with Crippen molar-refractivity contribution in [1.82, 2.24) is 24.2 Å². The molecule has 0 atom stereocenters. The predicted molar refractivity (Wildman–Crippen MR) is 128 cm³/mol. The van der Waals surface area contributed by atoms with Gasteiger partial charge in [-0.3, -0.25) is 4.98 Å². The zero-order valence-electron chi connectivity index (χ0n) is 18.8. The van der Waals surface area contributed by atoms with E-state index < -0.39 is 10.0 Å².